The largest absolute Gasteiger partial charge is 0.251 e. The van der Waals surface area contributed by atoms with E-state index in [1.807, 2.05) is 6.07 Å². The molecular formula is C11H9Br2ClN2S. The molecule has 0 bridgehead atoms. The number of thiazole rings is 1. The molecule has 0 fully saturated rings. The standard InChI is InChI=1S/C11H9Br2ClN2S/c12-7-4-9(13)10(15-5-7)11-16-8(6-17-11)2-1-3-14/h4-6H,1-3H2. The van der Waals surface area contributed by atoms with E-state index in [1.165, 1.54) is 0 Å². The summed E-state index contributed by atoms with van der Waals surface area (Å²) < 4.78 is 1.90. The van der Waals surface area contributed by atoms with Gasteiger partial charge in [0.15, 0.2) is 0 Å². The van der Waals surface area contributed by atoms with Crippen LogP contribution in [0.4, 0.5) is 0 Å². The van der Waals surface area contributed by atoms with E-state index < -0.39 is 0 Å². The second kappa shape index (κ2) is 6.27. The van der Waals surface area contributed by atoms with Crippen molar-refractivity contribution in [3.05, 3.63) is 32.3 Å². The molecule has 0 unspecified atom stereocenters. The first-order chi connectivity index (χ1) is 8.20. The highest BCUT2D eigenvalue weighted by Gasteiger charge is 2.10. The van der Waals surface area contributed by atoms with Crippen molar-refractivity contribution >= 4 is 54.8 Å². The number of pyridine rings is 1. The first-order valence-corrected chi connectivity index (χ1v) is 8.02. The smallest absolute Gasteiger partial charge is 0.143 e. The molecule has 0 radical (unpaired) electrons. The van der Waals surface area contributed by atoms with Crippen LogP contribution in [0.3, 0.4) is 0 Å². The van der Waals surface area contributed by atoms with Crippen molar-refractivity contribution in [1.82, 2.24) is 9.97 Å². The molecule has 2 aromatic rings. The topological polar surface area (TPSA) is 25.8 Å². The molecule has 0 aliphatic heterocycles. The fraction of sp³-hybridized carbons (Fsp3) is 0.273. The Kier molecular flexibility index (Phi) is 4.97. The minimum atomic E-state index is 0.674. The minimum Gasteiger partial charge on any atom is -0.251 e. The lowest BCUT2D eigenvalue weighted by atomic mass is 10.3. The van der Waals surface area contributed by atoms with Crippen LogP contribution in [0.25, 0.3) is 10.7 Å². The molecule has 0 aliphatic rings. The third-order valence-corrected chi connectivity index (χ3v) is 4.33. The summed E-state index contributed by atoms with van der Waals surface area (Å²) in [5, 5.41) is 3.01. The number of hydrogen-bond donors (Lipinski definition) is 0. The number of nitrogens with zero attached hydrogens (tertiary/aromatic N) is 2. The van der Waals surface area contributed by atoms with Gasteiger partial charge in [-0.15, -0.1) is 22.9 Å². The van der Waals surface area contributed by atoms with E-state index in [2.05, 4.69) is 47.2 Å². The predicted octanol–water partition coefficient (Wildman–Crippen LogP) is 4.90. The van der Waals surface area contributed by atoms with Gasteiger partial charge in [-0.3, -0.25) is 4.98 Å². The molecule has 17 heavy (non-hydrogen) atoms. The summed E-state index contributed by atoms with van der Waals surface area (Å²) in [4.78, 5) is 8.93. The quantitative estimate of drug-likeness (QED) is 0.687. The average molecular weight is 397 g/mol. The van der Waals surface area contributed by atoms with E-state index in [-0.39, 0.29) is 0 Å². The molecule has 2 aromatic heterocycles. The fourth-order valence-electron chi connectivity index (χ4n) is 1.35. The van der Waals surface area contributed by atoms with Crippen molar-refractivity contribution in [3.63, 3.8) is 0 Å². The van der Waals surface area contributed by atoms with Gasteiger partial charge in [-0.2, -0.15) is 0 Å². The number of halogens is 3. The van der Waals surface area contributed by atoms with E-state index in [0.717, 1.165) is 38.2 Å². The van der Waals surface area contributed by atoms with Gasteiger partial charge in [-0.25, -0.2) is 4.98 Å². The Bertz CT molecular complexity index is 516. The van der Waals surface area contributed by atoms with Gasteiger partial charge in [0.1, 0.15) is 10.7 Å². The number of aryl methyl sites for hydroxylation is 1. The molecule has 2 nitrogen and oxygen atoms in total. The molecule has 0 N–H and O–H groups in total. The van der Waals surface area contributed by atoms with Gasteiger partial charge in [-0.05, 0) is 50.8 Å². The van der Waals surface area contributed by atoms with Crippen LogP contribution in [0.15, 0.2) is 26.6 Å². The lowest BCUT2D eigenvalue weighted by molar-refractivity contribution is 0.899. The lowest BCUT2D eigenvalue weighted by Crippen LogP contribution is -1.88. The number of aromatic nitrogens is 2. The highest BCUT2D eigenvalue weighted by atomic mass is 79.9. The van der Waals surface area contributed by atoms with E-state index in [0.29, 0.717) is 5.88 Å². The molecule has 0 atom stereocenters. The highest BCUT2D eigenvalue weighted by molar-refractivity contribution is 9.11. The Morgan fingerprint density at radius 1 is 1.35 bits per heavy atom. The van der Waals surface area contributed by atoms with E-state index in [1.54, 1.807) is 17.5 Å². The van der Waals surface area contributed by atoms with Gasteiger partial charge in [-0.1, -0.05) is 0 Å². The third kappa shape index (κ3) is 3.50. The number of alkyl halides is 1. The summed E-state index contributed by atoms with van der Waals surface area (Å²) in [6.45, 7) is 0. The molecule has 90 valence electrons. The molecule has 0 saturated heterocycles. The predicted molar refractivity (Wildman–Crippen MR) is 79.8 cm³/mol. The van der Waals surface area contributed by atoms with Crippen LogP contribution in [-0.2, 0) is 6.42 Å². The van der Waals surface area contributed by atoms with Crippen molar-refractivity contribution in [3.8, 4) is 10.7 Å². The minimum absolute atomic E-state index is 0.674. The monoisotopic (exact) mass is 394 g/mol. The zero-order chi connectivity index (χ0) is 12.3. The van der Waals surface area contributed by atoms with Crippen LogP contribution in [0.1, 0.15) is 12.1 Å². The van der Waals surface area contributed by atoms with Crippen molar-refractivity contribution < 1.29 is 0 Å². The zero-order valence-electron chi connectivity index (χ0n) is 8.79. The Hall–Kier alpha value is 0.0300. The molecule has 0 aliphatic carbocycles. The third-order valence-electron chi connectivity index (χ3n) is 2.13. The summed E-state index contributed by atoms with van der Waals surface area (Å²) >= 11 is 14.2. The average Bonchev–Trinajstić information content (AvgIpc) is 2.75. The summed E-state index contributed by atoms with van der Waals surface area (Å²) in [6.07, 6.45) is 3.66. The van der Waals surface area contributed by atoms with Crippen molar-refractivity contribution in [2.24, 2.45) is 0 Å². The Morgan fingerprint density at radius 3 is 2.88 bits per heavy atom. The summed E-state index contributed by atoms with van der Waals surface area (Å²) in [5.74, 6) is 0.674. The lowest BCUT2D eigenvalue weighted by Gasteiger charge is -1.99. The number of rotatable bonds is 4. The van der Waals surface area contributed by atoms with Gasteiger partial charge >= 0.3 is 0 Å². The Labute approximate surface area is 126 Å². The van der Waals surface area contributed by atoms with E-state index >= 15 is 0 Å². The van der Waals surface area contributed by atoms with Gasteiger partial charge in [0, 0.05) is 26.4 Å². The second-order valence-corrected chi connectivity index (χ2v) is 6.43. The molecule has 6 heteroatoms. The SMILES string of the molecule is ClCCCc1csc(-c2ncc(Br)cc2Br)n1. The van der Waals surface area contributed by atoms with E-state index in [9.17, 15) is 0 Å². The molecule has 2 rings (SSSR count). The summed E-state index contributed by atoms with van der Waals surface area (Å²) in [5.41, 5.74) is 1.97. The Morgan fingerprint density at radius 2 is 2.18 bits per heavy atom. The van der Waals surface area contributed by atoms with Crippen LogP contribution in [0.5, 0.6) is 0 Å². The molecular weight excluding hydrogens is 387 g/mol. The molecule has 0 amide bonds. The van der Waals surface area contributed by atoms with Gasteiger partial charge < -0.3 is 0 Å². The van der Waals surface area contributed by atoms with Crippen molar-refractivity contribution in [2.45, 2.75) is 12.8 Å². The fourth-order valence-corrected chi connectivity index (χ4v) is 3.65. The molecule has 0 aromatic carbocycles. The summed E-state index contributed by atoms with van der Waals surface area (Å²) in [7, 11) is 0. The first-order valence-electron chi connectivity index (χ1n) is 5.02. The summed E-state index contributed by atoms with van der Waals surface area (Å²) in [6, 6.07) is 1.97. The van der Waals surface area contributed by atoms with Crippen LogP contribution in [0, 0.1) is 0 Å². The van der Waals surface area contributed by atoms with Gasteiger partial charge in [0.25, 0.3) is 0 Å². The van der Waals surface area contributed by atoms with E-state index in [4.69, 9.17) is 11.6 Å². The van der Waals surface area contributed by atoms with Gasteiger partial charge in [0.05, 0.1) is 5.69 Å². The van der Waals surface area contributed by atoms with Crippen LogP contribution < -0.4 is 0 Å². The van der Waals surface area contributed by atoms with Crippen molar-refractivity contribution in [2.75, 3.05) is 5.88 Å². The Balaban J connectivity index is 2.24. The maximum Gasteiger partial charge on any atom is 0.143 e. The van der Waals surface area contributed by atoms with Crippen molar-refractivity contribution in [1.29, 1.82) is 0 Å². The molecule has 0 saturated carbocycles. The van der Waals surface area contributed by atoms with Gasteiger partial charge in [0.2, 0.25) is 0 Å². The number of hydrogen-bond acceptors (Lipinski definition) is 3. The van der Waals surface area contributed by atoms with Crippen LogP contribution in [0.2, 0.25) is 0 Å². The van der Waals surface area contributed by atoms with Crippen LogP contribution in [-0.4, -0.2) is 15.8 Å². The maximum absolute atomic E-state index is 5.67. The maximum atomic E-state index is 5.67. The zero-order valence-corrected chi connectivity index (χ0v) is 13.5. The molecule has 2 heterocycles. The normalized spacial score (nSPS) is 10.8. The first kappa shape index (κ1) is 13.5. The highest BCUT2D eigenvalue weighted by Crippen LogP contribution is 2.30. The molecule has 0 spiro atoms. The second-order valence-electron chi connectivity index (χ2n) is 3.42. The van der Waals surface area contributed by atoms with Crippen LogP contribution >= 0.6 is 54.8 Å².